The molecule has 124 valence electrons. The van der Waals surface area contributed by atoms with Gasteiger partial charge in [0, 0.05) is 30.9 Å². The van der Waals surface area contributed by atoms with Crippen molar-refractivity contribution in [3.63, 3.8) is 0 Å². The second-order valence-corrected chi connectivity index (χ2v) is 6.21. The van der Waals surface area contributed by atoms with E-state index in [1.165, 1.54) is 0 Å². The molecule has 7 heteroatoms. The van der Waals surface area contributed by atoms with Crippen molar-refractivity contribution < 1.29 is 0 Å². The first-order valence-electron chi connectivity index (χ1n) is 8.23. The Hall–Kier alpha value is -2.67. The lowest BCUT2D eigenvalue weighted by Gasteiger charge is -2.31. The van der Waals surface area contributed by atoms with Gasteiger partial charge in [0.1, 0.15) is 5.82 Å². The van der Waals surface area contributed by atoms with Crippen LogP contribution in [0, 0.1) is 0 Å². The average Bonchev–Trinajstić information content (AvgIpc) is 3.25. The van der Waals surface area contributed by atoms with Gasteiger partial charge in [0.05, 0.1) is 12.0 Å². The van der Waals surface area contributed by atoms with Crippen molar-refractivity contribution in [2.45, 2.75) is 25.3 Å². The number of aromatic nitrogens is 5. The number of H-pyrrole nitrogens is 2. The lowest BCUT2D eigenvalue weighted by molar-refractivity contribution is 0.194. The van der Waals surface area contributed by atoms with E-state index in [0.29, 0.717) is 0 Å². The van der Waals surface area contributed by atoms with Crippen LogP contribution >= 0.6 is 0 Å². The third kappa shape index (κ3) is 2.90. The minimum absolute atomic E-state index is 0.179. The molecule has 0 aliphatic carbocycles. The summed E-state index contributed by atoms with van der Waals surface area (Å²) in [6, 6.07) is 9.69. The van der Waals surface area contributed by atoms with E-state index in [1.807, 2.05) is 36.5 Å². The predicted octanol–water partition coefficient (Wildman–Crippen LogP) is 1.66. The number of likely N-dealkylation sites (tertiary alicyclic amines) is 1. The number of piperidine rings is 1. The maximum Gasteiger partial charge on any atom is 0.347 e. The van der Waals surface area contributed by atoms with Crippen LogP contribution < -0.4 is 5.69 Å². The first-order chi connectivity index (χ1) is 11.8. The fraction of sp³-hybridized carbons (Fsp3) is 0.353. The van der Waals surface area contributed by atoms with Crippen LogP contribution in [0.3, 0.4) is 0 Å². The Bertz CT molecular complexity index is 836. The van der Waals surface area contributed by atoms with Crippen molar-refractivity contribution in [3.05, 3.63) is 64.9 Å². The zero-order chi connectivity index (χ0) is 16.4. The fourth-order valence-corrected chi connectivity index (χ4v) is 3.43. The van der Waals surface area contributed by atoms with E-state index in [2.05, 4.69) is 25.1 Å². The highest BCUT2D eigenvalue weighted by Gasteiger charge is 2.26. The van der Waals surface area contributed by atoms with Crippen molar-refractivity contribution in [1.82, 2.24) is 29.6 Å². The zero-order valence-electron chi connectivity index (χ0n) is 13.4. The number of aromatic amines is 2. The number of nitrogens with one attached hydrogen (secondary N) is 2. The van der Waals surface area contributed by atoms with E-state index < -0.39 is 0 Å². The van der Waals surface area contributed by atoms with Crippen LogP contribution in [0.15, 0.2) is 47.7 Å². The molecule has 3 aromatic rings. The summed E-state index contributed by atoms with van der Waals surface area (Å²) < 4.78 is 1.70. The minimum atomic E-state index is -0.179. The molecule has 2 aromatic heterocycles. The average molecular weight is 324 g/mol. The van der Waals surface area contributed by atoms with Crippen molar-refractivity contribution in [3.8, 4) is 5.69 Å². The van der Waals surface area contributed by atoms with Crippen LogP contribution in [0.25, 0.3) is 5.69 Å². The van der Waals surface area contributed by atoms with Gasteiger partial charge in [-0.3, -0.25) is 4.90 Å². The summed E-state index contributed by atoms with van der Waals surface area (Å²) in [4.78, 5) is 21.9. The predicted molar refractivity (Wildman–Crippen MR) is 90.0 cm³/mol. The Morgan fingerprint density at radius 1 is 1.25 bits per heavy atom. The standard InChI is InChI=1S/C17H20N6O/c24-17-21-20-16(23(17)15-6-2-1-3-7-15)13-5-4-8-22(10-13)11-14-9-18-12-19-14/h1-3,6-7,9,12-13H,4-5,8,10-11H2,(H,18,19)(H,21,24)/t13-/m0/s1. The van der Waals surface area contributed by atoms with E-state index in [-0.39, 0.29) is 11.6 Å². The molecular formula is C17H20N6O. The Morgan fingerprint density at radius 3 is 2.92 bits per heavy atom. The molecule has 1 aliphatic rings. The van der Waals surface area contributed by atoms with Crippen molar-refractivity contribution in [2.75, 3.05) is 13.1 Å². The minimum Gasteiger partial charge on any atom is -0.347 e. The highest BCUT2D eigenvalue weighted by molar-refractivity contribution is 5.32. The summed E-state index contributed by atoms with van der Waals surface area (Å²) in [6.45, 7) is 2.78. The molecule has 0 spiro atoms. The first-order valence-corrected chi connectivity index (χ1v) is 8.23. The molecule has 1 aromatic carbocycles. The number of imidazole rings is 1. The van der Waals surface area contributed by atoms with Crippen molar-refractivity contribution in [1.29, 1.82) is 0 Å². The van der Waals surface area contributed by atoms with Crippen molar-refractivity contribution in [2.24, 2.45) is 0 Å². The van der Waals surface area contributed by atoms with E-state index in [0.717, 1.165) is 49.7 Å². The highest BCUT2D eigenvalue weighted by Crippen LogP contribution is 2.26. The number of benzene rings is 1. The van der Waals surface area contributed by atoms with Crippen molar-refractivity contribution >= 4 is 0 Å². The molecule has 4 rings (SSSR count). The molecule has 0 amide bonds. The number of nitrogens with zero attached hydrogens (tertiary/aromatic N) is 4. The van der Waals surface area contributed by atoms with Crippen LogP contribution in [0.1, 0.15) is 30.3 Å². The molecule has 0 unspecified atom stereocenters. The molecule has 1 atom stereocenters. The summed E-state index contributed by atoms with van der Waals surface area (Å²) in [6.07, 6.45) is 5.70. The normalized spacial score (nSPS) is 18.8. The lowest BCUT2D eigenvalue weighted by Crippen LogP contribution is -2.35. The summed E-state index contributed by atoms with van der Waals surface area (Å²) in [5.41, 5.74) is 1.79. The van der Waals surface area contributed by atoms with E-state index >= 15 is 0 Å². The maximum absolute atomic E-state index is 12.2. The summed E-state index contributed by atoms with van der Waals surface area (Å²) in [7, 11) is 0. The molecule has 0 saturated carbocycles. The van der Waals surface area contributed by atoms with E-state index in [1.54, 1.807) is 10.9 Å². The van der Waals surface area contributed by atoms with E-state index in [4.69, 9.17) is 0 Å². The summed E-state index contributed by atoms with van der Waals surface area (Å²) in [5, 5.41) is 6.94. The Labute approximate surface area is 139 Å². The zero-order valence-corrected chi connectivity index (χ0v) is 13.4. The fourth-order valence-electron chi connectivity index (χ4n) is 3.43. The molecule has 3 heterocycles. The molecule has 1 fully saturated rings. The molecular weight excluding hydrogens is 304 g/mol. The van der Waals surface area contributed by atoms with Gasteiger partial charge in [0.25, 0.3) is 0 Å². The van der Waals surface area contributed by atoms with Crippen LogP contribution in [-0.2, 0) is 6.54 Å². The van der Waals surface area contributed by atoms with Gasteiger partial charge < -0.3 is 4.98 Å². The molecule has 1 aliphatic heterocycles. The van der Waals surface area contributed by atoms with Gasteiger partial charge in [0.15, 0.2) is 0 Å². The van der Waals surface area contributed by atoms with E-state index in [9.17, 15) is 4.79 Å². The smallest absolute Gasteiger partial charge is 0.347 e. The maximum atomic E-state index is 12.2. The first kappa shape index (κ1) is 14.9. The number of hydrogen-bond acceptors (Lipinski definition) is 4. The quantitative estimate of drug-likeness (QED) is 0.765. The van der Waals surface area contributed by atoms with Crippen LogP contribution in [0.2, 0.25) is 0 Å². The molecule has 2 N–H and O–H groups in total. The highest BCUT2D eigenvalue weighted by atomic mass is 16.1. The number of hydrogen-bond donors (Lipinski definition) is 2. The monoisotopic (exact) mass is 324 g/mol. The van der Waals surface area contributed by atoms with Gasteiger partial charge >= 0.3 is 5.69 Å². The molecule has 24 heavy (non-hydrogen) atoms. The summed E-state index contributed by atoms with van der Waals surface area (Å²) >= 11 is 0. The van der Waals surface area contributed by atoms with Gasteiger partial charge in [-0.1, -0.05) is 18.2 Å². The third-order valence-corrected chi connectivity index (χ3v) is 4.53. The third-order valence-electron chi connectivity index (χ3n) is 4.53. The molecule has 1 saturated heterocycles. The number of rotatable bonds is 4. The molecule has 7 nitrogen and oxygen atoms in total. The van der Waals surface area contributed by atoms with Gasteiger partial charge in [-0.05, 0) is 31.5 Å². The van der Waals surface area contributed by atoms with Gasteiger partial charge in [0.2, 0.25) is 0 Å². The second-order valence-electron chi connectivity index (χ2n) is 6.21. The second kappa shape index (κ2) is 6.45. The molecule has 0 bridgehead atoms. The largest absolute Gasteiger partial charge is 0.347 e. The Kier molecular flexibility index (Phi) is 4.00. The molecule has 0 radical (unpaired) electrons. The van der Waals surface area contributed by atoms with Crippen LogP contribution in [-0.4, -0.2) is 42.7 Å². The Balaban J connectivity index is 1.59. The Morgan fingerprint density at radius 2 is 2.12 bits per heavy atom. The lowest BCUT2D eigenvalue weighted by atomic mass is 9.97. The SMILES string of the molecule is O=c1[nH]nc([C@H]2CCCN(Cc3cnc[nH]3)C2)n1-c1ccccc1. The number of para-hydroxylation sites is 1. The van der Waals surface area contributed by atoms with Gasteiger partial charge in [-0.2, -0.15) is 5.10 Å². The summed E-state index contributed by atoms with van der Waals surface area (Å²) in [5.74, 6) is 1.06. The van der Waals surface area contributed by atoms with Crippen LogP contribution in [0.5, 0.6) is 0 Å². The van der Waals surface area contributed by atoms with Gasteiger partial charge in [-0.25, -0.2) is 19.4 Å². The van der Waals surface area contributed by atoms with Crippen LogP contribution in [0.4, 0.5) is 0 Å². The van der Waals surface area contributed by atoms with Gasteiger partial charge in [-0.15, -0.1) is 0 Å². The topological polar surface area (TPSA) is 82.6 Å².